The molecule has 1 atom stereocenters. The van der Waals surface area contributed by atoms with Crippen LogP contribution in [0.1, 0.15) is 29.7 Å². The molecule has 0 unspecified atom stereocenters. The summed E-state index contributed by atoms with van der Waals surface area (Å²) in [6, 6.07) is 16.1. The van der Waals surface area contributed by atoms with Crippen LogP contribution < -0.4 is 5.32 Å². The van der Waals surface area contributed by atoms with Crippen LogP contribution in [0.5, 0.6) is 5.75 Å². The van der Waals surface area contributed by atoms with E-state index in [1.807, 2.05) is 0 Å². The third-order valence-corrected chi connectivity index (χ3v) is 4.21. The zero-order chi connectivity index (χ0) is 14.9. The maximum Gasteiger partial charge on any atom is 0.123 e. The summed E-state index contributed by atoms with van der Waals surface area (Å²) in [5.74, 6) is 0.0945. The molecule has 3 N–H and O–H groups in total. The van der Waals surface area contributed by atoms with Crippen molar-refractivity contribution in [2.75, 3.05) is 6.54 Å². The van der Waals surface area contributed by atoms with Crippen LogP contribution in [0.2, 0.25) is 0 Å². The number of fused-ring (bicyclic) bond motifs is 1. The van der Waals surface area contributed by atoms with Crippen LogP contribution in [0, 0.1) is 6.07 Å². The van der Waals surface area contributed by atoms with Gasteiger partial charge in [-0.1, -0.05) is 30.3 Å². The minimum atomic E-state index is -0.595. The zero-order valence-electron chi connectivity index (χ0n) is 12.1. The van der Waals surface area contributed by atoms with E-state index in [1.54, 1.807) is 18.2 Å². The van der Waals surface area contributed by atoms with Crippen molar-refractivity contribution in [2.45, 2.75) is 31.4 Å². The lowest BCUT2D eigenvalue weighted by atomic mass is 9.97. The summed E-state index contributed by atoms with van der Waals surface area (Å²) in [6.07, 6.45) is 1.37. The Kier molecular flexibility index (Phi) is 3.70. The Bertz CT molecular complexity index is 596. The summed E-state index contributed by atoms with van der Waals surface area (Å²) in [7, 11) is 0. The molecule has 0 aromatic heterocycles. The lowest BCUT2D eigenvalue weighted by molar-refractivity contribution is 0.159. The molecule has 0 spiro atoms. The fraction of sp³-hybridized carbons (Fsp3) is 0.333. The van der Waals surface area contributed by atoms with Crippen molar-refractivity contribution >= 4 is 0 Å². The van der Waals surface area contributed by atoms with Crippen LogP contribution in [0.15, 0.2) is 42.5 Å². The van der Waals surface area contributed by atoms with Gasteiger partial charge in [0, 0.05) is 18.2 Å². The van der Waals surface area contributed by atoms with Gasteiger partial charge in [0.2, 0.25) is 0 Å². The topological polar surface area (TPSA) is 52.5 Å². The average Bonchev–Trinajstić information content (AvgIpc) is 2.82. The molecule has 3 rings (SSSR count). The fourth-order valence-corrected chi connectivity index (χ4v) is 3.03. The van der Waals surface area contributed by atoms with Gasteiger partial charge in [0.05, 0.1) is 6.10 Å². The Morgan fingerprint density at radius 2 is 1.86 bits per heavy atom. The van der Waals surface area contributed by atoms with Crippen molar-refractivity contribution in [3.63, 3.8) is 0 Å². The number of aliphatic hydroxyl groups is 1. The predicted octanol–water partition coefficient (Wildman–Crippen LogP) is 2.37. The fourth-order valence-electron chi connectivity index (χ4n) is 3.03. The van der Waals surface area contributed by atoms with Crippen molar-refractivity contribution < 1.29 is 10.2 Å². The van der Waals surface area contributed by atoms with Gasteiger partial charge in [0.25, 0.3) is 0 Å². The second kappa shape index (κ2) is 5.51. The van der Waals surface area contributed by atoms with Crippen LogP contribution in [0.25, 0.3) is 0 Å². The van der Waals surface area contributed by atoms with Gasteiger partial charge in [0.15, 0.2) is 0 Å². The number of hydrogen-bond acceptors (Lipinski definition) is 3. The largest absolute Gasteiger partial charge is 0.507 e. The van der Waals surface area contributed by atoms with Crippen molar-refractivity contribution in [3.8, 4) is 5.75 Å². The van der Waals surface area contributed by atoms with Gasteiger partial charge in [-0.2, -0.15) is 0 Å². The molecule has 2 aromatic carbocycles. The number of β-amino-alcohol motifs (C(OH)–C–C–N with tert-alkyl or cyclic N) is 1. The first-order valence-electron chi connectivity index (χ1n) is 7.26. The molecule has 0 saturated carbocycles. The molecule has 3 heteroatoms. The number of rotatable bonds is 4. The van der Waals surface area contributed by atoms with Gasteiger partial charge in [0.1, 0.15) is 5.75 Å². The highest BCUT2D eigenvalue weighted by atomic mass is 16.3. The molecule has 0 aliphatic heterocycles. The molecular weight excluding hydrogens is 262 g/mol. The molecule has 1 aliphatic rings. The Morgan fingerprint density at radius 1 is 1.19 bits per heavy atom. The van der Waals surface area contributed by atoms with Crippen molar-refractivity contribution in [1.82, 2.24) is 5.32 Å². The molecular formula is C18H20NO2. The van der Waals surface area contributed by atoms with Crippen molar-refractivity contribution in [1.29, 1.82) is 0 Å². The monoisotopic (exact) mass is 282 g/mol. The van der Waals surface area contributed by atoms with Gasteiger partial charge < -0.3 is 15.5 Å². The Hall–Kier alpha value is -1.84. The quantitative estimate of drug-likeness (QED) is 0.807. The van der Waals surface area contributed by atoms with Crippen LogP contribution in [0.3, 0.4) is 0 Å². The molecule has 3 nitrogen and oxygen atoms in total. The SMILES string of the molecule is CC1(NC[C@H](O)c2c[c]c(O)cc2)Cc2ccccc2C1. The third kappa shape index (κ3) is 3.09. The molecule has 0 fully saturated rings. The minimum absolute atomic E-state index is 0.00863. The first-order valence-corrected chi connectivity index (χ1v) is 7.26. The van der Waals surface area contributed by atoms with Gasteiger partial charge in [-0.25, -0.2) is 0 Å². The molecule has 0 bridgehead atoms. The molecule has 109 valence electrons. The first-order chi connectivity index (χ1) is 10.1. The van der Waals surface area contributed by atoms with Crippen molar-refractivity contribution in [3.05, 3.63) is 65.2 Å². The number of phenolic OH excluding ortho intramolecular Hbond substituents is 1. The highest BCUT2D eigenvalue weighted by Crippen LogP contribution is 2.30. The van der Waals surface area contributed by atoms with Gasteiger partial charge in [-0.3, -0.25) is 0 Å². The second-order valence-corrected chi connectivity index (χ2v) is 6.09. The summed E-state index contributed by atoms with van der Waals surface area (Å²) < 4.78 is 0. The average molecular weight is 282 g/mol. The number of benzene rings is 2. The molecule has 0 amide bonds. The predicted molar refractivity (Wildman–Crippen MR) is 82.2 cm³/mol. The molecule has 0 saturated heterocycles. The van der Waals surface area contributed by atoms with Crippen LogP contribution >= 0.6 is 0 Å². The molecule has 1 aliphatic carbocycles. The van der Waals surface area contributed by atoms with E-state index < -0.39 is 6.10 Å². The van der Waals surface area contributed by atoms with Crippen LogP contribution in [-0.2, 0) is 12.8 Å². The lowest BCUT2D eigenvalue weighted by Gasteiger charge is -2.27. The third-order valence-electron chi connectivity index (χ3n) is 4.21. The number of phenols is 1. The summed E-state index contributed by atoms with van der Waals surface area (Å²) >= 11 is 0. The Labute approximate surface area is 125 Å². The van der Waals surface area contributed by atoms with Crippen molar-refractivity contribution in [2.24, 2.45) is 0 Å². The minimum Gasteiger partial charge on any atom is -0.507 e. The summed E-state index contributed by atoms with van der Waals surface area (Å²) in [6.45, 7) is 2.69. The van der Waals surface area contributed by atoms with E-state index in [0.29, 0.717) is 6.54 Å². The highest BCUT2D eigenvalue weighted by molar-refractivity contribution is 5.36. The standard InChI is InChI=1S/C18H20NO2/c1-18(10-14-4-2-3-5-15(14)11-18)19-12-17(21)13-6-8-16(20)9-7-13/h2-8,17,19-21H,10-12H2,1H3/t17-/m0/s1. The summed E-state index contributed by atoms with van der Waals surface area (Å²) in [5.41, 5.74) is 3.53. The normalized spacial score (nSPS) is 17.4. The van der Waals surface area contributed by atoms with Gasteiger partial charge >= 0.3 is 0 Å². The maximum atomic E-state index is 10.2. The van der Waals surface area contributed by atoms with E-state index in [9.17, 15) is 10.2 Å². The summed E-state index contributed by atoms with van der Waals surface area (Å²) in [4.78, 5) is 0. The first kappa shape index (κ1) is 14.1. The Morgan fingerprint density at radius 3 is 2.43 bits per heavy atom. The molecule has 1 radical (unpaired) electrons. The molecule has 2 aromatic rings. The lowest BCUT2D eigenvalue weighted by Crippen LogP contribution is -2.45. The van der Waals surface area contributed by atoms with E-state index in [2.05, 4.69) is 42.6 Å². The zero-order valence-corrected chi connectivity index (χ0v) is 12.1. The van der Waals surface area contributed by atoms with E-state index in [0.717, 1.165) is 18.4 Å². The number of hydrogen-bond donors (Lipinski definition) is 3. The number of aromatic hydroxyl groups is 1. The second-order valence-electron chi connectivity index (χ2n) is 6.09. The number of aliphatic hydroxyl groups excluding tert-OH is 1. The van der Waals surface area contributed by atoms with Gasteiger partial charge in [-0.05, 0) is 48.6 Å². The van der Waals surface area contributed by atoms with E-state index in [4.69, 9.17) is 0 Å². The molecule has 21 heavy (non-hydrogen) atoms. The maximum absolute atomic E-state index is 10.2. The number of nitrogens with one attached hydrogen (secondary N) is 1. The summed E-state index contributed by atoms with van der Waals surface area (Å²) in [5, 5.41) is 23.0. The Balaban J connectivity index is 1.62. The van der Waals surface area contributed by atoms with E-state index >= 15 is 0 Å². The van der Waals surface area contributed by atoms with E-state index in [-0.39, 0.29) is 11.3 Å². The van der Waals surface area contributed by atoms with E-state index in [1.165, 1.54) is 11.1 Å². The molecule has 0 heterocycles. The van der Waals surface area contributed by atoms with Crippen LogP contribution in [-0.4, -0.2) is 22.3 Å². The highest BCUT2D eigenvalue weighted by Gasteiger charge is 2.32. The van der Waals surface area contributed by atoms with Crippen LogP contribution in [0.4, 0.5) is 0 Å². The smallest absolute Gasteiger partial charge is 0.123 e. The van der Waals surface area contributed by atoms with Gasteiger partial charge in [-0.15, -0.1) is 0 Å².